The summed E-state index contributed by atoms with van der Waals surface area (Å²) in [6.07, 6.45) is 3.08. The number of fused-ring (bicyclic) bond motifs is 1. The van der Waals surface area contributed by atoms with Crippen LogP contribution in [0, 0.1) is 13.8 Å². The van der Waals surface area contributed by atoms with Gasteiger partial charge >= 0.3 is 0 Å². The van der Waals surface area contributed by atoms with Gasteiger partial charge in [-0.15, -0.1) is 0 Å². The molecule has 4 aromatic rings. The Balaban J connectivity index is 0.000000267. The molecule has 40 heavy (non-hydrogen) atoms. The van der Waals surface area contributed by atoms with E-state index in [9.17, 15) is 9.00 Å². The van der Waals surface area contributed by atoms with E-state index in [0.717, 1.165) is 24.8 Å². The molecule has 0 saturated carbocycles. The van der Waals surface area contributed by atoms with Crippen LogP contribution in [0.4, 0.5) is 0 Å². The van der Waals surface area contributed by atoms with E-state index in [-0.39, 0.29) is 5.56 Å². The Bertz CT molecular complexity index is 1610. The van der Waals surface area contributed by atoms with Crippen LogP contribution in [0.1, 0.15) is 43.4 Å². The van der Waals surface area contributed by atoms with E-state index in [4.69, 9.17) is 21.1 Å². The summed E-state index contributed by atoms with van der Waals surface area (Å²) in [5.41, 5.74) is 5.02. The number of rotatable bonds is 9. The van der Waals surface area contributed by atoms with Gasteiger partial charge in [-0.05, 0) is 85.6 Å². The average molecular weight is 584 g/mol. The van der Waals surface area contributed by atoms with Crippen molar-refractivity contribution in [1.82, 2.24) is 14.7 Å². The first-order chi connectivity index (χ1) is 19.0. The summed E-state index contributed by atoms with van der Waals surface area (Å²) >= 11 is 5.73. The molecule has 2 N–H and O–H groups in total. The smallest absolute Gasteiger partial charge is 0.262 e. The zero-order valence-electron chi connectivity index (χ0n) is 24.0. The quantitative estimate of drug-likeness (QED) is 0.219. The monoisotopic (exact) mass is 583 g/mol. The maximum Gasteiger partial charge on any atom is 0.262 e. The number of ether oxygens (including phenoxy) is 2. The predicted molar refractivity (Wildman–Crippen MR) is 168 cm³/mol. The summed E-state index contributed by atoms with van der Waals surface area (Å²) in [4.78, 5) is 20.9. The summed E-state index contributed by atoms with van der Waals surface area (Å²) in [5, 5.41) is 1.06. The summed E-state index contributed by atoms with van der Waals surface area (Å²) in [6, 6.07) is 14.5. The Hall–Kier alpha value is -3.33. The largest absolute Gasteiger partial charge is 0.497 e. The van der Waals surface area contributed by atoms with Gasteiger partial charge in [-0.1, -0.05) is 31.9 Å². The van der Waals surface area contributed by atoms with Crippen molar-refractivity contribution < 1.29 is 13.7 Å². The highest BCUT2D eigenvalue weighted by Gasteiger charge is 2.14. The third-order valence-electron chi connectivity index (χ3n) is 6.45. The average Bonchev–Trinajstić information content (AvgIpc) is 2.93. The molecular formula is C31H38ClN3O4S. The number of H-pyrrole nitrogens is 1. The first-order valence-corrected chi connectivity index (χ1v) is 15.3. The lowest BCUT2D eigenvalue weighted by Gasteiger charge is -2.13. The minimum absolute atomic E-state index is 0.225. The van der Waals surface area contributed by atoms with Gasteiger partial charge in [0.2, 0.25) is 0 Å². The Kier molecular flexibility index (Phi) is 10.8. The van der Waals surface area contributed by atoms with Crippen LogP contribution in [0.15, 0.2) is 58.2 Å². The van der Waals surface area contributed by atoms with Crippen molar-refractivity contribution >= 4 is 38.1 Å². The van der Waals surface area contributed by atoms with E-state index in [2.05, 4.69) is 53.5 Å². The molecule has 1 atom stereocenters. The highest BCUT2D eigenvalue weighted by Crippen LogP contribution is 2.30. The van der Waals surface area contributed by atoms with Crippen LogP contribution >= 0.6 is 11.6 Å². The summed E-state index contributed by atoms with van der Waals surface area (Å²) in [7, 11) is 0.758. The standard InChI is InChI=1S/C21H24N2O3.C10H14ClNOS/c1-6-7-16-12(2)8-14(9-13(16)3)20-22-17-10-15(25-4)11-18(26-5)19(17)21(24)23-20;1-3-8-12-14(2,13)10-6-4-9(11)5-7-10/h8-11H,6-7H2,1-5H3,(H,22,23,24);4-7H,2-3,8H2,1H3,(H,12,13). The Morgan fingerprint density at radius 3 is 2.20 bits per heavy atom. The number of aryl methyl sites for hydroxylation is 2. The van der Waals surface area contributed by atoms with Gasteiger partial charge in [0.15, 0.2) is 0 Å². The molecule has 0 aliphatic heterocycles. The van der Waals surface area contributed by atoms with Crippen molar-refractivity contribution in [1.29, 1.82) is 0 Å². The van der Waals surface area contributed by atoms with Crippen molar-refractivity contribution in [2.45, 2.75) is 51.9 Å². The van der Waals surface area contributed by atoms with E-state index in [1.54, 1.807) is 43.5 Å². The van der Waals surface area contributed by atoms with E-state index in [1.807, 2.05) is 6.92 Å². The molecule has 0 radical (unpaired) electrons. The van der Waals surface area contributed by atoms with Crippen LogP contribution in [0.25, 0.3) is 22.3 Å². The number of nitrogens with zero attached hydrogens (tertiary/aromatic N) is 1. The number of aromatic nitrogens is 2. The molecule has 214 valence electrons. The van der Waals surface area contributed by atoms with Gasteiger partial charge in [0.1, 0.15) is 22.7 Å². The number of benzene rings is 3. The van der Waals surface area contributed by atoms with Crippen LogP contribution in [-0.4, -0.2) is 40.8 Å². The van der Waals surface area contributed by atoms with Crippen molar-refractivity contribution in [3.05, 3.63) is 80.6 Å². The van der Waals surface area contributed by atoms with E-state index in [0.29, 0.717) is 44.7 Å². The van der Waals surface area contributed by atoms with Gasteiger partial charge in [-0.2, -0.15) is 0 Å². The second-order valence-electron chi connectivity index (χ2n) is 9.50. The summed E-state index contributed by atoms with van der Waals surface area (Å²) in [5.74, 6) is 5.28. The number of halogens is 1. The Morgan fingerprint density at radius 2 is 1.65 bits per heavy atom. The number of methoxy groups -OCH3 is 2. The molecule has 0 amide bonds. The molecule has 7 nitrogen and oxygen atoms in total. The SMILES string of the molecule is C=S(=O)(NCCC)c1ccc(Cl)cc1.CCCc1c(C)cc(-c2nc3cc(OC)cc(OC)c3c(=O)[nH]2)cc1C. The van der Waals surface area contributed by atoms with Crippen molar-refractivity contribution in [2.24, 2.45) is 0 Å². The zero-order valence-corrected chi connectivity index (χ0v) is 25.6. The van der Waals surface area contributed by atoms with Crippen molar-refractivity contribution in [3.8, 4) is 22.9 Å². The molecule has 0 bridgehead atoms. The molecule has 0 spiro atoms. The minimum Gasteiger partial charge on any atom is -0.497 e. The van der Waals surface area contributed by atoms with Crippen LogP contribution in [-0.2, 0) is 16.1 Å². The Labute approximate surface area is 242 Å². The van der Waals surface area contributed by atoms with Gasteiger partial charge in [0.05, 0.1) is 29.4 Å². The van der Waals surface area contributed by atoms with Crippen molar-refractivity contribution in [3.63, 3.8) is 0 Å². The fourth-order valence-electron chi connectivity index (χ4n) is 4.41. The topological polar surface area (TPSA) is 93.3 Å². The number of nitrogens with one attached hydrogen (secondary N) is 2. The van der Waals surface area contributed by atoms with E-state index in [1.165, 1.54) is 23.8 Å². The van der Waals surface area contributed by atoms with Crippen LogP contribution < -0.4 is 19.8 Å². The number of aromatic amines is 1. The molecule has 0 saturated heterocycles. The molecule has 3 aromatic carbocycles. The normalized spacial score (nSPS) is 12.4. The number of hydrogen-bond acceptors (Lipinski definition) is 5. The Morgan fingerprint density at radius 1 is 1.00 bits per heavy atom. The van der Waals surface area contributed by atoms with E-state index >= 15 is 0 Å². The van der Waals surface area contributed by atoms with Gasteiger partial charge in [0, 0.05) is 34.2 Å². The molecule has 4 rings (SSSR count). The second kappa shape index (κ2) is 13.8. The highest BCUT2D eigenvalue weighted by atomic mass is 35.5. The third kappa shape index (κ3) is 7.44. The van der Waals surface area contributed by atoms with Crippen LogP contribution in [0.5, 0.6) is 11.5 Å². The fourth-order valence-corrected chi connectivity index (χ4v) is 5.81. The van der Waals surface area contributed by atoms with Crippen LogP contribution in [0.3, 0.4) is 0 Å². The number of hydrogen-bond donors (Lipinski definition) is 2. The summed E-state index contributed by atoms with van der Waals surface area (Å²) in [6.45, 7) is 9.10. The lowest BCUT2D eigenvalue weighted by atomic mass is 9.96. The zero-order chi connectivity index (χ0) is 29.4. The minimum atomic E-state index is -2.35. The fraction of sp³-hybridized carbons (Fsp3) is 0.323. The molecule has 0 aliphatic rings. The first kappa shape index (κ1) is 31.2. The van der Waals surface area contributed by atoms with Gasteiger partial charge in [0.25, 0.3) is 5.56 Å². The van der Waals surface area contributed by atoms with E-state index < -0.39 is 9.71 Å². The lowest BCUT2D eigenvalue weighted by Crippen LogP contribution is -2.24. The third-order valence-corrected chi connectivity index (χ3v) is 8.41. The molecule has 9 heteroatoms. The van der Waals surface area contributed by atoms with Gasteiger partial charge in [-0.25, -0.2) is 13.9 Å². The summed E-state index contributed by atoms with van der Waals surface area (Å²) < 4.78 is 25.5. The second-order valence-corrected chi connectivity index (χ2v) is 12.0. The molecule has 1 aromatic heterocycles. The van der Waals surface area contributed by atoms with Gasteiger partial charge < -0.3 is 14.5 Å². The lowest BCUT2D eigenvalue weighted by molar-refractivity contribution is 0.397. The van der Waals surface area contributed by atoms with Gasteiger partial charge in [-0.3, -0.25) is 4.79 Å². The predicted octanol–water partition coefficient (Wildman–Crippen LogP) is 6.51. The van der Waals surface area contributed by atoms with Crippen LogP contribution in [0.2, 0.25) is 5.02 Å². The molecule has 0 fully saturated rings. The van der Waals surface area contributed by atoms with Crippen molar-refractivity contribution in [2.75, 3.05) is 20.8 Å². The molecule has 0 aliphatic carbocycles. The first-order valence-electron chi connectivity index (χ1n) is 13.2. The molecule has 1 unspecified atom stereocenters. The maximum atomic E-state index is 12.7. The molecule has 1 heterocycles. The maximum absolute atomic E-state index is 12.7. The molecular weight excluding hydrogens is 546 g/mol. The highest BCUT2D eigenvalue weighted by molar-refractivity contribution is 7.98.